The minimum absolute atomic E-state index is 0.0142. The maximum absolute atomic E-state index is 13.0. The lowest BCUT2D eigenvalue weighted by Gasteiger charge is -2.25. The van der Waals surface area contributed by atoms with Gasteiger partial charge in [0.15, 0.2) is 0 Å². The summed E-state index contributed by atoms with van der Waals surface area (Å²) in [5.41, 5.74) is 1.61. The number of hydrogen-bond donors (Lipinski definition) is 0. The van der Waals surface area contributed by atoms with Crippen molar-refractivity contribution in [1.29, 1.82) is 0 Å². The van der Waals surface area contributed by atoms with E-state index >= 15 is 0 Å². The maximum Gasteiger partial charge on any atom is 0.308 e. The van der Waals surface area contributed by atoms with Crippen LogP contribution in [0.5, 0.6) is 5.75 Å². The summed E-state index contributed by atoms with van der Waals surface area (Å²) in [6, 6.07) is 9.51. The van der Waals surface area contributed by atoms with Crippen molar-refractivity contribution < 1.29 is 17.4 Å². The van der Waals surface area contributed by atoms with Gasteiger partial charge in [-0.1, -0.05) is 12.1 Å². The van der Waals surface area contributed by atoms with Crippen LogP contribution in [0.25, 0.3) is 0 Å². The highest BCUT2D eigenvalue weighted by molar-refractivity contribution is 7.87. The molecule has 1 aromatic carbocycles. The minimum atomic E-state index is -3.67. The second-order valence-electron chi connectivity index (χ2n) is 7.04. The first-order chi connectivity index (χ1) is 13.9. The largest absolute Gasteiger partial charge is 0.382 e. The monoisotopic (exact) mass is 436 g/mol. The van der Waals surface area contributed by atoms with Crippen LogP contribution in [-0.4, -0.2) is 44.1 Å². The number of carbonyl (C=O) groups is 1. The molecule has 0 N–H and O–H groups in total. The molecule has 1 aliphatic carbocycles. The molecule has 0 spiro atoms. The predicted octanol–water partition coefficient (Wildman–Crippen LogP) is 4.13. The molecule has 158 valence electrons. The van der Waals surface area contributed by atoms with Crippen molar-refractivity contribution in [1.82, 2.24) is 4.90 Å². The van der Waals surface area contributed by atoms with Gasteiger partial charge in [-0.3, -0.25) is 4.79 Å². The summed E-state index contributed by atoms with van der Waals surface area (Å²) in [6.07, 6.45) is 1.94. The molecule has 3 rings (SSSR count). The molecule has 1 amide bonds. The van der Waals surface area contributed by atoms with Gasteiger partial charge in [0.1, 0.15) is 5.75 Å². The lowest BCUT2D eigenvalue weighted by atomic mass is 10.1. The zero-order chi connectivity index (χ0) is 21.0. The van der Waals surface area contributed by atoms with Gasteiger partial charge in [-0.2, -0.15) is 8.42 Å². The van der Waals surface area contributed by atoms with E-state index in [1.165, 1.54) is 11.3 Å². The summed E-state index contributed by atoms with van der Waals surface area (Å²) < 4.78 is 29.8. The number of thiophene rings is 1. The van der Waals surface area contributed by atoms with E-state index in [4.69, 9.17) is 4.18 Å². The van der Waals surface area contributed by atoms with Crippen molar-refractivity contribution in [2.24, 2.45) is 0 Å². The number of hydrogen-bond acceptors (Lipinski definition) is 6. The van der Waals surface area contributed by atoms with Crippen LogP contribution in [-0.2, 0) is 16.7 Å². The van der Waals surface area contributed by atoms with E-state index in [2.05, 4.69) is 18.7 Å². The van der Waals surface area contributed by atoms with Gasteiger partial charge in [-0.25, -0.2) is 0 Å². The Kier molecular flexibility index (Phi) is 6.85. The Labute approximate surface area is 177 Å². The fourth-order valence-electron chi connectivity index (χ4n) is 3.21. The summed E-state index contributed by atoms with van der Waals surface area (Å²) in [5.74, 6) is 0.183. The highest BCUT2D eigenvalue weighted by Crippen LogP contribution is 2.34. The van der Waals surface area contributed by atoms with Gasteiger partial charge in [-0.15, -0.1) is 11.3 Å². The number of amides is 1. The fourth-order valence-corrected chi connectivity index (χ4v) is 4.44. The van der Waals surface area contributed by atoms with Gasteiger partial charge in [0.05, 0.1) is 17.2 Å². The number of anilines is 1. The normalized spacial score (nSPS) is 13.9. The molecule has 29 heavy (non-hydrogen) atoms. The van der Waals surface area contributed by atoms with Crippen molar-refractivity contribution in [3.05, 3.63) is 46.2 Å². The molecular formula is C21H28N2O4S2. The van der Waals surface area contributed by atoms with Crippen molar-refractivity contribution in [2.75, 3.05) is 23.7 Å². The average molecular weight is 437 g/mol. The molecule has 0 aliphatic heterocycles. The molecule has 1 fully saturated rings. The molecule has 8 heteroatoms. The summed E-state index contributed by atoms with van der Waals surface area (Å²) in [5, 5.41) is 1.89. The van der Waals surface area contributed by atoms with Crippen LogP contribution in [0.15, 0.2) is 35.7 Å². The van der Waals surface area contributed by atoms with Crippen LogP contribution < -0.4 is 9.08 Å². The lowest BCUT2D eigenvalue weighted by molar-refractivity contribution is 0.0734. The molecule has 1 aromatic heterocycles. The SMILES string of the molecule is CCN(CC)c1ccc(CN(C(=O)c2cccs2)C2CC2)c(OS(=O)(=O)CC)c1. The Morgan fingerprint density at radius 1 is 1.17 bits per heavy atom. The number of benzene rings is 1. The quantitative estimate of drug-likeness (QED) is 0.524. The zero-order valence-corrected chi connectivity index (χ0v) is 18.8. The van der Waals surface area contributed by atoms with E-state index in [-0.39, 0.29) is 17.7 Å². The van der Waals surface area contributed by atoms with E-state index < -0.39 is 10.1 Å². The van der Waals surface area contributed by atoms with E-state index in [0.717, 1.165) is 31.6 Å². The predicted molar refractivity (Wildman–Crippen MR) is 117 cm³/mol. The average Bonchev–Trinajstić information content (AvgIpc) is 3.40. The molecule has 1 saturated carbocycles. The van der Waals surface area contributed by atoms with Gasteiger partial charge in [0, 0.05) is 36.4 Å². The van der Waals surface area contributed by atoms with Crippen LogP contribution in [0, 0.1) is 0 Å². The first-order valence-electron chi connectivity index (χ1n) is 10.0. The van der Waals surface area contributed by atoms with E-state index in [1.807, 2.05) is 34.5 Å². The maximum atomic E-state index is 13.0. The molecule has 0 atom stereocenters. The summed E-state index contributed by atoms with van der Waals surface area (Å²) in [7, 11) is -3.67. The molecule has 1 heterocycles. The Bertz CT molecular complexity index is 934. The van der Waals surface area contributed by atoms with Crippen LogP contribution in [0.4, 0.5) is 5.69 Å². The van der Waals surface area contributed by atoms with E-state index in [0.29, 0.717) is 22.7 Å². The number of nitrogens with zero attached hydrogens (tertiary/aromatic N) is 2. The second kappa shape index (κ2) is 9.17. The fraction of sp³-hybridized carbons (Fsp3) is 0.476. The van der Waals surface area contributed by atoms with Crippen molar-refractivity contribution in [3.8, 4) is 5.75 Å². The molecule has 0 bridgehead atoms. The lowest BCUT2D eigenvalue weighted by Crippen LogP contribution is -2.32. The third kappa shape index (κ3) is 5.30. The van der Waals surface area contributed by atoms with Crippen molar-refractivity contribution >= 4 is 33.0 Å². The van der Waals surface area contributed by atoms with Crippen molar-refractivity contribution in [3.63, 3.8) is 0 Å². The Morgan fingerprint density at radius 2 is 1.90 bits per heavy atom. The van der Waals surface area contributed by atoms with Gasteiger partial charge < -0.3 is 14.0 Å². The summed E-state index contributed by atoms with van der Waals surface area (Å²) >= 11 is 1.42. The molecule has 0 saturated heterocycles. The number of rotatable bonds is 10. The molecule has 6 nitrogen and oxygen atoms in total. The topological polar surface area (TPSA) is 66.9 Å². The van der Waals surface area contributed by atoms with Crippen LogP contribution in [0.1, 0.15) is 48.8 Å². The third-order valence-corrected chi connectivity index (χ3v) is 7.07. The second-order valence-corrected chi connectivity index (χ2v) is 9.84. The standard InChI is InChI=1S/C21H28N2O4S2/c1-4-22(5-2)18-10-9-16(19(14-18)27-29(25,26)6-3)15-23(17-11-12-17)21(24)20-8-7-13-28-20/h7-10,13-14,17H,4-6,11-12,15H2,1-3H3. The van der Waals surface area contributed by atoms with Gasteiger partial charge in [-0.05, 0) is 51.1 Å². The Hall–Kier alpha value is -2.06. The molecular weight excluding hydrogens is 408 g/mol. The van der Waals surface area contributed by atoms with Gasteiger partial charge in [0.2, 0.25) is 0 Å². The summed E-state index contributed by atoms with van der Waals surface area (Å²) in [4.78, 5) is 17.6. The first-order valence-corrected chi connectivity index (χ1v) is 12.5. The van der Waals surface area contributed by atoms with Gasteiger partial charge in [0.25, 0.3) is 5.91 Å². The zero-order valence-electron chi connectivity index (χ0n) is 17.1. The molecule has 2 aromatic rings. The molecule has 1 aliphatic rings. The molecule has 0 radical (unpaired) electrons. The highest BCUT2D eigenvalue weighted by atomic mass is 32.2. The third-order valence-electron chi connectivity index (χ3n) is 5.07. The van der Waals surface area contributed by atoms with E-state index in [9.17, 15) is 13.2 Å². The van der Waals surface area contributed by atoms with Crippen LogP contribution >= 0.6 is 11.3 Å². The Morgan fingerprint density at radius 3 is 2.45 bits per heavy atom. The van der Waals surface area contributed by atoms with E-state index in [1.54, 1.807) is 13.0 Å². The Balaban J connectivity index is 1.94. The van der Waals surface area contributed by atoms with Crippen molar-refractivity contribution in [2.45, 2.75) is 46.2 Å². The van der Waals surface area contributed by atoms with Gasteiger partial charge >= 0.3 is 10.1 Å². The van der Waals surface area contributed by atoms with Crippen LogP contribution in [0.2, 0.25) is 0 Å². The highest BCUT2D eigenvalue weighted by Gasteiger charge is 2.34. The summed E-state index contributed by atoms with van der Waals surface area (Å²) in [6.45, 7) is 7.60. The minimum Gasteiger partial charge on any atom is -0.382 e. The van der Waals surface area contributed by atoms with Crippen LogP contribution in [0.3, 0.4) is 0 Å². The first kappa shape index (κ1) is 21.6. The smallest absolute Gasteiger partial charge is 0.308 e. The number of carbonyl (C=O) groups excluding carboxylic acids is 1. The molecule has 0 unspecified atom stereocenters.